The summed E-state index contributed by atoms with van der Waals surface area (Å²) in [5, 5.41) is 19.4. The van der Waals surface area contributed by atoms with Gasteiger partial charge in [0, 0.05) is 0 Å². The number of halogens is 1. The Hall–Kier alpha value is -3.73. The van der Waals surface area contributed by atoms with E-state index in [1.807, 2.05) is 37.3 Å². The summed E-state index contributed by atoms with van der Waals surface area (Å²) in [5.74, 6) is 0.638. The number of nitrogens with zero attached hydrogens (tertiary/aromatic N) is 4. The van der Waals surface area contributed by atoms with Crippen LogP contribution in [0.1, 0.15) is 42.4 Å². The molecule has 0 radical (unpaired) electrons. The van der Waals surface area contributed by atoms with Crippen LogP contribution < -0.4 is 14.9 Å². The van der Waals surface area contributed by atoms with E-state index in [0.717, 1.165) is 5.56 Å². The zero-order valence-corrected chi connectivity index (χ0v) is 21.4. The Morgan fingerprint density at radius 3 is 2.63 bits per heavy atom. The number of aromatic nitrogens is 2. The summed E-state index contributed by atoms with van der Waals surface area (Å²) in [6.07, 6.45) is 1.47. The second kappa shape index (κ2) is 11.6. The van der Waals surface area contributed by atoms with Gasteiger partial charge in [0.05, 0.1) is 22.2 Å². The number of ether oxygens (including phenoxy) is 2. The third kappa shape index (κ3) is 6.24. The van der Waals surface area contributed by atoms with Crippen LogP contribution in [0.4, 0.5) is 5.69 Å². The Morgan fingerprint density at radius 1 is 1.29 bits per heavy atom. The highest BCUT2D eigenvalue weighted by Crippen LogP contribution is 2.37. The summed E-state index contributed by atoms with van der Waals surface area (Å²) in [4.78, 5) is 23.3. The van der Waals surface area contributed by atoms with Crippen LogP contribution in [0.2, 0.25) is 0 Å². The van der Waals surface area contributed by atoms with E-state index in [1.54, 1.807) is 26.0 Å². The van der Waals surface area contributed by atoms with Crippen molar-refractivity contribution in [3.63, 3.8) is 0 Å². The smallest absolute Gasteiger partial charge is 0.312 e. The third-order valence-corrected chi connectivity index (χ3v) is 5.75. The molecular formula is C24H26BrN5O5. The van der Waals surface area contributed by atoms with Gasteiger partial charge in [-0.2, -0.15) is 10.2 Å². The molecule has 0 bridgehead atoms. The molecule has 0 saturated carbocycles. The van der Waals surface area contributed by atoms with Crippen LogP contribution in [0.3, 0.4) is 0 Å². The highest BCUT2D eigenvalue weighted by molar-refractivity contribution is 9.10. The molecule has 1 aromatic heterocycles. The van der Waals surface area contributed by atoms with Gasteiger partial charge in [0.25, 0.3) is 5.91 Å². The van der Waals surface area contributed by atoms with Crippen molar-refractivity contribution < 1.29 is 19.2 Å². The van der Waals surface area contributed by atoms with Crippen molar-refractivity contribution in [3.05, 3.63) is 79.6 Å². The van der Waals surface area contributed by atoms with Gasteiger partial charge in [-0.05, 0) is 66.9 Å². The lowest BCUT2D eigenvalue weighted by Gasteiger charge is -2.15. The summed E-state index contributed by atoms with van der Waals surface area (Å²) < 4.78 is 13.7. The van der Waals surface area contributed by atoms with Crippen LogP contribution in [-0.4, -0.2) is 33.4 Å². The molecule has 0 aliphatic carbocycles. The molecule has 0 fully saturated rings. The first-order valence-corrected chi connectivity index (χ1v) is 11.7. The van der Waals surface area contributed by atoms with Gasteiger partial charge in [0.2, 0.25) is 0 Å². The zero-order chi connectivity index (χ0) is 25.5. The highest BCUT2D eigenvalue weighted by atomic mass is 79.9. The number of hydrogen-bond donors (Lipinski definition) is 1. The van der Waals surface area contributed by atoms with Crippen LogP contribution in [-0.2, 0) is 11.4 Å². The molecule has 0 saturated heterocycles. The number of carbonyl (C=O) groups excluding carboxylic acids is 1. The second-order valence-corrected chi connectivity index (χ2v) is 8.52. The van der Waals surface area contributed by atoms with E-state index >= 15 is 0 Å². The predicted molar refractivity (Wildman–Crippen MR) is 135 cm³/mol. The Morgan fingerprint density at radius 2 is 2.00 bits per heavy atom. The topological polar surface area (TPSA) is 121 Å². The van der Waals surface area contributed by atoms with E-state index in [4.69, 9.17) is 9.47 Å². The van der Waals surface area contributed by atoms with Gasteiger partial charge in [0.1, 0.15) is 24.0 Å². The number of rotatable bonds is 10. The fourth-order valence-electron chi connectivity index (χ4n) is 3.47. The van der Waals surface area contributed by atoms with Crippen molar-refractivity contribution in [1.82, 2.24) is 15.2 Å². The van der Waals surface area contributed by atoms with Gasteiger partial charge in [-0.1, -0.05) is 30.3 Å². The number of nitro groups is 1. The van der Waals surface area contributed by atoms with E-state index < -0.39 is 16.9 Å². The number of amides is 1. The molecule has 35 heavy (non-hydrogen) atoms. The summed E-state index contributed by atoms with van der Waals surface area (Å²) in [7, 11) is 0. The predicted octanol–water partition coefficient (Wildman–Crippen LogP) is 4.86. The largest absolute Gasteiger partial charge is 0.490 e. The fraction of sp³-hybridized carbons (Fsp3) is 0.292. The number of carbonyl (C=O) groups is 1. The zero-order valence-electron chi connectivity index (χ0n) is 19.8. The first-order chi connectivity index (χ1) is 16.7. The number of hydrogen-bond acceptors (Lipinski definition) is 7. The molecule has 1 heterocycles. The first kappa shape index (κ1) is 25.9. The normalized spacial score (nSPS) is 11.9. The Kier molecular flexibility index (Phi) is 8.58. The van der Waals surface area contributed by atoms with Crippen LogP contribution in [0.15, 0.2) is 52.0 Å². The van der Waals surface area contributed by atoms with Crippen molar-refractivity contribution >= 4 is 33.7 Å². The molecule has 1 amide bonds. The molecule has 2 aromatic carbocycles. The molecule has 10 nitrogen and oxygen atoms in total. The van der Waals surface area contributed by atoms with Gasteiger partial charge < -0.3 is 9.47 Å². The number of nitrogens with one attached hydrogen (secondary N) is 1. The van der Waals surface area contributed by atoms with Crippen LogP contribution in [0, 0.1) is 24.0 Å². The maximum Gasteiger partial charge on any atom is 0.312 e. The summed E-state index contributed by atoms with van der Waals surface area (Å²) in [6, 6.07) is 12.6. The van der Waals surface area contributed by atoms with Gasteiger partial charge in [0.15, 0.2) is 11.5 Å². The fourth-order valence-corrected chi connectivity index (χ4v) is 4.04. The Balaban J connectivity index is 1.72. The van der Waals surface area contributed by atoms with Crippen LogP contribution >= 0.6 is 15.9 Å². The number of benzene rings is 2. The van der Waals surface area contributed by atoms with E-state index in [0.29, 0.717) is 40.4 Å². The van der Waals surface area contributed by atoms with Crippen molar-refractivity contribution in [2.45, 2.75) is 40.3 Å². The average molecular weight is 544 g/mol. The Bertz CT molecular complexity index is 1240. The van der Waals surface area contributed by atoms with Crippen LogP contribution in [0.5, 0.6) is 11.5 Å². The van der Waals surface area contributed by atoms with Gasteiger partial charge >= 0.3 is 5.69 Å². The van der Waals surface area contributed by atoms with Gasteiger partial charge in [-0.3, -0.25) is 19.6 Å². The minimum atomic E-state index is -0.793. The van der Waals surface area contributed by atoms with E-state index in [-0.39, 0.29) is 11.4 Å². The number of aryl methyl sites for hydroxylation is 1. The van der Waals surface area contributed by atoms with Crippen molar-refractivity contribution in [1.29, 1.82) is 0 Å². The Labute approximate surface area is 211 Å². The molecule has 3 rings (SSSR count). The lowest BCUT2D eigenvalue weighted by molar-refractivity contribution is -0.386. The monoisotopic (exact) mass is 543 g/mol. The van der Waals surface area contributed by atoms with E-state index in [1.165, 1.54) is 17.8 Å². The lowest BCUT2D eigenvalue weighted by Crippen LogP contribution is -2.28. The van der Waals surface area contributed by atoms with E-state index in [2.05, 4.69) is 31.6 Å². The maximum absolute atomic E-state index is 12.6. The van der Waals surface area contributed by atoms with Gasteiger partial charge in [-0.25, -0.2) is 5.43 Å². The summed E-state index contributed by atoms with van der Waals surface area (Å²) >= 11 is 3.52. The van der Waals surface area contributed by atoms with Crippen molar-refractivity contribution in [2.75, 3.05) is 6.61 Å². The van der Waals surface area contributed by atoms with Crippen molar-refractivity contribution in [3.8, 4) is 11.5 Å². The average Bonchev–Trinajstić information content (AvgIpc) is 3.12. The third-order valence-electron chi connectivity index (χ3n) is 5.16. The van der Waals surface area contributed by atoms with Crippen molar-refractivity contribution in [2.24, 2.45) is 5.10 Å². The summed E-state index contributed by atoms with van der Waals surface area (Å²) in [6.45, 7) is 7.38. The molecule has 1 N–H and O–H groups in total. The number of hydrazone groups is 1. The summed E-state index contributed by atoms with van der Waals surface area (Å²) in [5.41, 5.74) is 4.60. The van der Waals surface area contributed by atoms with Crippen LogP contribution in [0.25, 0.3) is 0 Å². The molecule has 184 valence electrons. The standard InChI is InChI=1S/C24H26BrN5O5/c1-5-34-21-12-19(11-20(25)23(21)35-14-18-9-7-6-8-10-18)13-26-27-24(31)17(4)29-16(3)22(30(32)33)15(2)28-29/h6-13,17H,5,14H2,1-4H3,(H,27,31)/b26-13+. The molecule has 3 aromatic rings. The van der Waals surface area contributed by atoms with Gasteiger partial charge in [-0.15, -0.1) is 0 Å². The molecule has 0 aliphatic rings. The first-order valence-electron chi connectivity index (χ1n) is 10.9. The molecular weight excluding hydrogens is 518 g/mol. The quantitative estimate of drug-likeness (QED) is 0.221. The maximum atomic E-state index is 12.6. The van der Waals surface area contributed by atoms with E-state index in [9.17, 15) is 14.9 Å². The minimum Gasteiger partial charge on any atom is -0.490 e. The lowest BCUT2D eigenvalue weighted by atomic mass is 10.2. The molecule has 0 aliphatic heterocycles. The molecule has 0 spiro atoms. The molecule has 1 unspecified atom stereocenters. The highest BCUT2D eigenvalue weighted by Gasteiger charge is 2.27. The molecule has 1 atom stereocenters. The second-order valence-electron chi connectivity index (χ2n) is 7.67. The SMILES string of the molecule is CCOc1cc(/C=N/NC(=O)C(C)n2nc(C)c([N+](=O)[O-])c2C)cc(Br)c1OCc1ccccc1. The molecule has 11 heteroatoms. The minimum absolute atomic E-state index is 0.101.